The summed E-state index contributed by atoms with van der Waals surface area (Å²) in [7, 11) is 0. The number of aromatic hydroxyl groups is 1. The molecule has 0 saturated heterocycles. The molecular weight excluding hydrogens is 306 g/mol. The summed E-state index contributed by atoms with van der Waals surface area (Å²) in [5.41, 5.74) is 1.70. The number of hydrogen-bond donors (Lipinski definition) is 2. The van der Waals surface area contributed by atoms with Crippen molar-refractivity contribution >= 4 is 23.6 Å². The Morgan fingerprint density at radius 1 is 1.17 bits per heavy atom. The molecule has 2 aromatic carbocycles. The van der Waals surface area contributed by atoms with Gasteiger partial charge in [-0.15, -0.1) is 0 Å². The molecule has 0 aliphatic carbocycles. The van der Waals surface area contributed by atoms with Crippen molar-refractivity contribution in [2.24, 2.45) is 0 Å². The molecule has 0 atom stereocenters. The van der Waals surface area contributed by atoms with Crippen molar-refractivity contribution in [1.82, 2.24) is 0 Å². The highest BCUT2D eigenvalue weighted by Crippen LogP contribution is 2.13. The van der Waals surface area contributed by atoms with E-state index in [1.54, 1.807) is 54.6 Å². The Kier molecular flexibility index (Phi) is 6.14. The minimum Gasteiger partial charge on any atom is -0.508 e. The molecule has 0 saturated carbocycles. The molecule has 24 heavy (non-hydrogen) atoms. The first kappa shape index (κ1) is 17.3. The third-order valence-electron chi connectivity index (χ3n) is 3.12. The van der Waals surface area contributed by atoms with Gasteiger partial charge in [0.05, 0.1) is 12.2 Å². The van der Waals surface area contributed by atoms with Gasteiger partial charge in [0.1, 0.15) is 5.75 Å². The van der Waals surface area contributed by atoms with Gasteiger partial charge in [-0.3, -0.25) is 4.79 Å². The van der Waals surface area contributed by atoms with E-state index < -0.39 is 5.97 Å². The summed E-state index contributed by atoms with van der Waals surface area (Å²) in [5.74, 6) is -0.557. The molecule has 0 unspecified atom stereocenters. The van der Waals surface area contributed by atoms with Crippen LogP contribution in [0.4, 0.5) is 5.69 Å². The molecule has 5 heteroatoms. The summed E-state index contributed by atoms with van der Waals surface area (Å²) >= 11 is 0. The van der Waals surface area contributed by atoms with Crippen molar-refractivity contribution in [1.29, 1.82) is 0 Å². The zero-order valence-corrected chi connectivity index (χ0v) is 13.4. The standard InChI is InChI=1S/C19H19NO4/c1-2-12-24-19(23)15-4-3-5-16(13-15)20-18(22)11-8-14-6-9-17(21)10-7-14/h3-11,13,21H,2,12H2,1H3,(H,20,22)/b11-8+. The smallest absolute Gasteiger partial charge is 0.338 e. The van der Waals surface area contributed by atoms with Gasteiger partial charge in [0, 0.05) is 11.8 Å². The van der Waals surface area contributed by atoms with Gasteiger partial charge in [-0.25, -0.2) is 4.79 Å². The van der Waals surface area contributed by atoms with Crippen molar-refractivity contribution in [2.45, 2.75) is 13.3 Å². The first-order chi connectivity index (χ1) is 11.6. The highest BCUT2D eigenvalue weighted by atomic mass is 16.5. The summed E-state index contributed by atoms with van der Waals surface area (Å²) in [6.07, 6.45) is 3.77. The summed E-state index contributed by atoms with van der Waals surface area (Å²) in [6.45, 7) is 2.29. The fourth-order valence-electron chi connectivity index (χ4n) is 1.94. The second kappa shape index (κ2) is 8.53. The summed E-state index contributed by atoms with van der Waals surface area (Å²) in [5, 5.41) is 11.9. The maximum Gasteiger partial charge on any atom is 0.338 e. The van der Waals surface area contributed by atoms with Crippen LogP contribution < -0.4 is 5.32 Å². The van der Waals surface area contributed by atoms with Crippen LogP contribution in [0.3, 0.4) is 0 Å². The van der Waals surface area contributed by atoms with Gasteiger partial charge < -0.3 is 15.2 Å². The molecule has 0 heterocycles. The molecule has 2 aromatic rings. The molecule has 1 amide bonds. The second-order valence-electron chi connectivity index (χ2n) is 5.13. The van der Waals surface area contributed by atoms with Crippen LogP contribution >= 0.6 is 0 Å². The topological polar surface area (TPSA) is 75.6 Å². The van der Waals surface area contributed by atoms with E-state index in [1.165, 1.54) is 6.08 Å². The average Bonchev–Trinajstić information content (AvgIpc) is 2.59. The molecule has 0 aromatic heterocycles. The minimum atomic E-state index is -0.410. The predicted octanol–water partition coefficient (Wildman–Crippen LogP) is 3.61. The second-order valence-corrected chi connectivity index (χ2v) is 5.13. The van der Waals surface area contributed by atoms with E-state index in [9.17, 15) is 14.7 Å². The Balaban J connectivity index is 1.98. The highest BCUT2D eigenvalue weighted by molar-refractivity contribution is 6.02. The first-order valence-corrected chi connectivity index (χ1v) is 7.64. The number of anilines is 1. The maximum atomic E-state index is 11.9. The molecule has 0 radical (unpaired) electrons. The number of phenolic OH excluding ortho intramolecular Hbond substituents is 1. The number of ether oxygens (including phenoxy) is 1. The molecule has 0 bridgehead atoms. The number of nitrogens with one attached hydrogen (secondary N) is 1. The number of carbonyl (C=O) groups is 2. The molecule has 2 N–H and O–H groups in total. The van der Waals surface area contributed by atoms with Crippen LogP contribution in [0.15, 0.2) is 54.6 Å². The van der Waals surface area contributed by atoms with Crippen LogP contribution in [0.1, 0.15) is 29.3 Å². The van der Waals surface area contributed by atoms with Gasteiger partial charge >= 0.3 is 5.97 Å². The van der Waals surface area contributed by atoms with Crippen molar-refractivity contribution in [3.63, 3.8) is 0 Å². The average molecular weight is 325 g/mol. The Morgan fingerprint density at radius 2 is 1.92 bits per heavy atom. The van der Waals surface area contributed by atoms with E-state index in [-0.39, 0.29) is 11.7 Å². The van der Waals surface area contributed by atoms with E-state index in [4.69, 9.17) is 4.74 Å². The summed E-state index contributed by atoms with van der Waals surface area (Å²) in [6, 6.07) is 13.1. The predicted molar refractivity (Wildman–Crippen MR) is 92.8 cm³/mol. The Morgan fingerprint density at radius 3 is 2.62 bits per heavy atom. The van der Waals surface area contributed by atoms with Gasteiger partial charge in [0.2, 0.25) is 5.91 Å². The monoisotopic (exact) mass is 325 g/mol. The molecule has 5 nitrogen and oxygen atoms in total. The molecule has 0 spiro atoms. The Hall–Kier alpha value is -3.08. The maximum absolute atomic E-state index is 11.9. The van der Waals surface area contributed by atoms with Crippen LogP contribution in [0.2, 0.25) is 0 Å². The number of rotatable bonds is 6. The molecule has 0 fully saturated rings. The zero-order chi connectivity index (χ0) is 17.4. The largest absolute Gasteiger partial charge is 0.508 e. The number of benzene rings is 2. The normalized spacial score (nSPS) is 10.5. The number of phenols is 1. The van der Waals surface area contributed by atoms with Crippen LogP contribution in [-0.2, 0) is 9.53 Å². The number of esters is 1. The number of amides is 1. The third kappa shape index (κ3) is 5.28. The van der Waals surface area contributed by atoms with Crippen molar-refractivity contribution < 1.29 is 19.4 Å². The van der Waals surface area contributed by atoms with Crippen LogP contribution in [0, 0.1) is 0 Å². The zero-order valence-electron chi connectivity index (χ0n) is 13.4. The quantitative estimate of drug-likeness (QED) is 0.628. The first-order valence-electron chi connectivity index (χ1n) is 7.64. The van der Waals surface area contributed by atoms with Gasteiger partial charge in [-0.05, 0) is 48.4 Å². The number of carbonyl (C=O) groups excluding carboxylic acids is 2. The molecule has 2 rings (SSSR count). The van der Waals surface area contributed by atoms with Crippen LogP contribution in [0.5, 0.6) is 5.75 Å². The minimum absolute atomic E-state index is 0.170. The van der Waals surface area contributed by atoms with Crippen LogP contribution in [0.25, 0.3) is 6.08 Å². The number of hydrogen-bond acceptors (Lipinski definition) is 4. The lowest BCUT2D eigenvalue weighted by atomic mass is 10.2. The van der Waals surface area contributed by atoms with E-state index in [0.29, 0.717) is 17.9 Å². The van der Waals surface area contributed by atoms with Gasteiger partial charge in [0.15, 0.2) is 0 Å². The Labute approximate surface area is 140 Å². The van der Waals surface area contributed by atoms with Gasteiger partial charge in [-0.1, -0.05) is 25.1 Å². The summed E-state index contributed by atoms with van der Waals surface area (Å²) in [4.78, 5) is 23.8. The van der Waals surface area contributed by atoms with Crippen molar-refractivity contribution in [2.75, 3.05) is 11.9 Å². The molecule has 124 valence electrons. The highest BCUT2D eigenvalue weighted by Gasteiger charge is 2.08. The SMILES string of the molecule is CCCOC(=O)c1cccc(NC(=O)/C=C/c2ccc(O)cc2)c1. The Bertz CT molecular complexity index is 735. The fourth-order valence-corrected chi connectivity index (χ4v) is 1.94. The lowest BCUT2D eigenvalue weighted by molar-refractivity contribution is -0.111. The summed E-state index contributed by atoms with van der Waals surface area (Å²) < 4.78 is 5.07. The van der Waals surface area contributed by atoms with Crippen molar-refractivity contribution in [3.05, 3.63) is 65.7 Å². The molecule has 0 aliphatic heterocycles. The lowest BCUT2D eigenvalue weighted by Crippen LogP contribution is -2.10. The van der Waals surface area contributed by atoms with Gasteiger partial charge in [-0.2, -0.15) is 0 Å². The van der Waals surface area contributed by atoms with E-state index in [1.807, 2.05) is 6.92 Å². The van der Waals surface area contributed by atoms with E-state index in [0.717, 1.165) is 12.0 Å². The molecule has 0 aliphatic rings. The van der Waals surface area contributed by atoms with Gasteiger partial charge in [0.25, 0.3) is 0 Å². The third-order valence-corrected chi connectivity index (χ3v) is 3.12. The lowest BCUT2D eigenvalue weighted by Gasteiger charge is -2.06. The van der Waals surface area contributed by atoms with Crippen LogP contribution in [-0.4, -0.2) is 23.6 Å². The van der Waals surface area contributed by atoms with E-state index >= 15 is 0 Å². The molecular formula is C19H19NO4. The van der Waals surface area contributed by atoms with E-state index in [2.05, 4.69) is 5.32 Å². The fraction of sp³-hybridized carbons (Fsp3) is 0.158. The van der Waals surface area contributed by atoms with Crippen molar-refractivity contribution in [3.8, 4) is 5.75 Å².